The summed E-state index contributed by atoms with van der Waals surface area (Å²) in [7, 11) is 0. The van der Waals surface area contributed by atoms with Gasteiger partial charge < -0.3 is 5.11 Å². The maximum Gasteiger partial charge on any atom is 0.124 e. The minimum Gasteiger partial charge on any atom is -0.507 e. The molecule has 1 nitrogen and oxygen atoms in total. The molecule has 0 aliphatic rings. The average molecular weight is 164 g/mol. The number of fused-ring (bicyclic) bond motifs is 1. The van der Waals surface area contributed by atoms with Crippen molar-refractivity contribution in [3.05, 3.63) is 29.1 Å². The van der Waals surface area contributed by atoms with Crippen LogP contribution in [0.4, 0.5) is 0 Å². The van der Waals surface area contributed by atoms with Crippen molar-refractivity contribution in [2.24, 2.45) is 0 Å². The van der Waals surface area contributed by atoms with E-state index in [1.807, 2.05) is 17.5 Å². The Balaban J connectivity index is 2.96. The van der Waals surface area contributed by atoms with E-state index in [0.717, 1.165) is 5.39 Å². The first-order valence-corrected chi connectivity index (χ1v) is 4.33. The Morgan fingerprint density at radius 1 is 1.27 bits per heavy atom. The van der Waals surface area contributed by atoms with E-state index in [9.17, 15) is 5.11 Å². The van der Waals surface area contributed by atoms with Gasteiger partial charge in [0.25, 0.3) is 0 Å². The summed E-state index contributed by atoms with van der Waals surface area (Å²) in [6.07, 6.45) is 0. The van der Waals surface area contributed by atoms with Crippen molar-refractivity contribution in [1.82, 2.24) is 0 Å². The summed E-state index contributed by atoms with van der Waals surface area (Å²) in [6.45, 7) is 2.05. The van der Waals surface area contributed by atoms with Crippen LogP contribution in [-0.2, 0) is 0 Å². The van der Waals surface area contributed by atoms with Gasteiger partial charge in [0.15, 0.2) is 0 Å². The molecule has 1 aromatic heterocycles. The van der Waals surface area contributed by atoms with E-state index in [-0.39, 0.29) is 0 Å². The number of benzene rings is 1. The van der Waals surface area contributed by atoms with Gasteiger partial charge >= 0.3 is 0 Å². The smallest absolute Gasteiger partial charge is 0.124 e. The molecule has 56 valence electrons. The zero-order valence-corrected chi connectivity index (χ0v) is 6.98. The fourth-order valence-electron chi connectivity index (χ4n) is 1.19. The lowest BCUT2D eigenvalue weighted by Crippen LogP contribution is -1.71. The number of phenolic OH excluding ortho intramolecular Hbond substituents is 1. The lowest BCUT2D eigenvalue weighted by atomic mass is 10.2. The Morgan fingerprint density at radius 3 is 2.82 bits per heavy atom. The maximum absolute atomic E-state index is 9.39. The number of rotatable bonds is 0. The number of thiophene rings is 1. The van der Waals surface area contributed by atoms with Crippen molar-refractivity contribution >= 4 is 21.4 Å². The molecule has 0 atom stereocenters. The molecule has 0 saturated heterocycles. The van der Waals surface area contributed by atoms with E-state index in [0.29, 0.717) is 5.75 Å². The molecule has 0 radical (unpaired) electrons. The zero-order valence-electron chi connectivity index (χ0n) is 6.16. The second kappa shape index (κ2) is 2.24. The molecule has 0 saturated carbocycles. The summed E-state index contributed by atoms with van der Waals surface area (Å²) in [6, 6.07) is 5.63. The molecule has 11 heavy (non-hydrogen) atoms. The van der Waals surface area contributed by atoms with Crippen molar-refractivity contribution in [3.63, 3.8) is 0 Å². The molecular weight excluding hydrogens is 156 g/mol. The Morgan fingerprint density at radius 2 is 2.09 bits per heavy atom. The van der Waals surface area contributed by atoms with Crippen LogP contribution < -0.4 is 0 Å². The maximum atomic E-state index is 9.39. The third-order valence-corrected chi connectivity index (χ3v) is 2.84. The van der Waals surface area contributed by atoms with Gasteiger partial charge in [-0.15, -0.1) is 11.3 Å². The van der Waals surface area contributed by atoms with Crippen LogP contribution in [0.3, 0.4) is 0 Å². The van der Waals surface area contributed by atoms with Crippen LogP contribution in [0.25, 0.3) is 10.1 Å². The second-order valence-electron chi connectivity index (χ2n) is 2.56. The SMILES string of the molecule is Cc1ccc(O)c2ccsc12. The Hall–Kier alpha value is -1.02. The zero-order chi connectivity index (χ0) is 7.84. The first-order valence-electron chi connectivity index (χ1n) is 3.45. The van der Waals surface area contributed by atoms with Crippen LogP contribution in [-0.4, -0.2) is 5.11 Å². The highest BCUT2D eigenvalue weighted by atomic mass is 32.1. The van der Waals surface area contributed by atoms with Gasteiger partial charge in [-0.05, 0) is 30.0 Å². The number of hydrogen-bond acceptors (Lipinski definition) is 2. The molecule has 0 amide bonds. The summed E-state index contributed by atoms with van der Waals surface area (Å²) < 4.78 is 1.19. The van der Waals surface area contributed by atoms with Crippen LogP contribution in [0.2, 0.25) is 0 Å². The minimum atomic E-state index is 0.381. The third-order valence-electron chi connectivity index (χ3n) is 1.79. The van der Waals surface area contributed by atoms with Crippen LogP contribution >= 0.6 is 11.3 Å². The van der Waals surface area contributed by atoms with Gasteiger partial charge in [0.1, 0.15) is 5.75 Å². The quantitative estimate of drug-likeness (QED) is 0.634. The minimum absolute atomic E-state index is 0.381. The van der Waals surface area contributed by atoms with Crippen LogP contribution in [0.5, 0.6) is 5.75 Å². The van der Waals surface area contributed by atoms with Gasteiger partial charge in [-0.3, -0.25) is 0 Å². The second-order valence-corrected chi connectivity index (χ2v) is 3.48. The van der Waals surface area contributed by atoms with Gasteiger partial charge in [0.2, 0.25) is 0 Å². The van der Waals surface area contributed by atoms with Crippen molar-refractivity contribution in [1.29, 1.82) is 0 Å². The number of phenols is 1. The van der Waals surface area contributed by atoms with Gasteiger partial charge in [-0.2, -0.15) is 0 Å². The normalized spacial score (nSPS) is 10.6. The fraction of sp³-hybridized carbons (Fsp3) is 0.111. The molecule has 0 aliphatic heterocycles. The molecule has 0 bridgehead atoms. The van der Waals surface area contributed by atoms with E-state index in [1.54, 1.807) is 17.4 Å². The number of aryl methyl sites for hydroxylation is 1. The molecule has 2 rings (SSSR count). The average Bonchev–Trinajstić information content (AvgIpc) is 2.45. The largest absolute Gasteiger partial charge is 0.507 e. The Labute approximate surface area is 68.9 Å². The van der Waals surface area contributed by atoms with Crippen LogP contribution in [0.1, 0.15) is 5.56 Å². The van der Waals surface area contributed by atoms with Gasteiger partial charge in [0.05, 0.1) is 0 Å². The lowest BCUT2D eigenvalue weighted by molar-refractivity contribution is 0.481. The number of aromatic hydroxyl groups is 1. The summed E-state index contributed by atoms with van der Waals surface area (Å²) in [5.41, 5.74) is 1.23. The van der Waals surface area contributed by atoms with E-state index < -0.39 is 0 Å². The van der Waals surface area contributed by atoms with E-state index in [2.05, 4.69) is 6.92 Å². The highest BCUT2D eigenvalue weighted by Crippen LogP contribution is 2.31. The molecule has 1 aromatic carbocycles. The number of hydrogen-bond donors (Lipinski definition) is 1. The Kier molecular flexibility index (Phi) is 1.36. The Bertz CT molecular complexity index is 353. The predicted octanol–water partition coefficient (Wildman–Crippen LogP) is 2.92. The highest BCUT2D eigenvalue weighted by molar-refractivity contribution is 7.17. The summed E-state index contributed by atoms with van der Waals surface area (Å²) in [4.78, 5) is 0. The lowest BCUT2D eigenvalue weighted by Gasteiger charge is -1.96. The summed E-state index contributed by atoms with van der Waals surface area (Å²) in [5.74, 6) is 0.381. The first-order chi connectivity index (χ1) is 5.29. The van der Waals surface area contributed by atoms with Gasteiger partial charge in [0, 0.05) is 10.1 Å². The van der Waals surface area contributed by atoms with Crippen molar-refractivity contribution in [2.45, 2.75) is 6.92 Å². The first kappa shape index (κ1) is 6.68. The molecule has 1 heterocycles. The molecule has 0 aliphatic carbocycles. The van der Waals surface area contributed by atoms with Crippen LogP contribution in [0.15, 0.2) is 23.6 Å². The van der Waals surface area contributed by atoms with E-state index >= 15 is 0 Å². The molecule has 0 fully saturated rings. The molecular formula is C9H8OS. The molecule has 0 spiro atoms. The van der Waals surface area contributed by atoms with Crippen LogP contribution in [0, 0.1) is 6.92 Å². The fourth-order valence-corrected chi connectivity index (χ4v) is 2.08. The van der Waals surface area contributed by atoms with E-state index in [1.165, 1.54) is 10.3 Å². The van der Waals surface area contributed by atoms with Crippen molar-refractivity contribution < 1.29 is 5.11 Å². The standard InChI is InChI=1S/C9H8OS/c1-6-2-3-8(10)7-4-5-11-9(6)7/h2-5,10H,1H3. The molecule has 0 unspecified atom stereocenters. The van der Waals surface area contributed by atoms with Crippen molar-refractivity contribution in [3.8, 4) is 5.75 Å². The predicted molar refractivity (Wildman–Crippen MR) is 48.2 cm³/mol. The van der Waals surface area contributed by atoms with Gasteiger partial charge in [-0.1, -0.05) is 6.07 Å². The van der Waals surface area contributed by atoms with Gasteiger partial charge in [-0.25, -0.2) is 0 Å². The third kappa shape index (κ3) is 0.906. The topological polar surface area (TPSA) is 20.2 Å². The van der Waals surface area contributed by atoms with E-state index in [4.69, 9.17) is 0 Å². The molecule has 1 N–H and O–H groups in total. The van der Waals surface area contributed by atoms with Crippen molar-refractivity contribution in [2.75, 3.05) is 0 Å². The highest BCUT2D eigenvalue weighted by Gasteiger charge is 2.01. The summed E-state index contributed by atoms with van der Waals surface area (Å²) >= 11 is 1.67. The molecule has 2 aromatic rings. The summed E-state index contributed by atoms with van der Waals surface area (Å²) in [5, 5.41) is 12.4. The molecule has 2 heteroatoms. The monoisotopic (exact) mass is 164 g/mol.